The number of hydrogen-bond acceptors (Lipinski definition) is 11. The molecule has 14 nitrogen and oxygen atoms in total. The molecule has 14 heteroatoms. The minimum absolute atomic E-state index is 0.239. The van der Waals surface area contributed by atoms with Gasteiger partial charge in [-0.3, -0.25) is 14.4 Å². The minimum atomic E-state index is -3.08. The van der Waals surface area contributed by atoms with Crippen molar-refractivity contribution in [3.05, 3.63) is 12.2 Å². The van der Waals surface area contributed by atoms with Crippen molar-refractivity contribution in [1.29, 1.82) is 0 Å². The van der Waals surface area contributed by atoms with Gasteiger partial charge in [0.05, 0.1) is 19.6 Å². The lowest BCUT2D eigenvalue weighted by atomic mass is 10.1. The summed E-state index contributed by atoms with van der Waals surface area (Å²) in [6, 6.07) is 0. The summed E-state index contributed by atoms with van der Waals surface area (Å²) in [5.41, 5.74) is 13.5. The van der Waals surface area contributed by atoms with E-state index in [-0.39, 0.29) is 5.57 Å². The predicted octanol–water partition coefficient (Wildman–Crippen LogP) is -4.99. The fourth-order valence-corrected chi connectivity index (χ4v) is 1.31. The summed E-state index contributed by atoms with van der Waals surface area (Å²) in [7, 11) is 0. The molecule has 27 heavy (non-hydrogen) atoms. The van der Waals surface area contributed by atoms with Crippen molar-refractivity contribution in [1.82, 2.24) is 16.1 Å². The fraction of sp³-hybridized carbons (Fsp3) is 0.385. The van der Waals surface area contributed by atoms with Crippen LogP contribution in [0.25, 0.3) is 0 Å². The van der Waals surface area contributed by atoms with Gasteiger partial charge in [0.25, 0.3) is 5.91 Å². The molecule has 0 bridgehead atoms. The maximum atomic E-state index is 12.4. The molecule has 0 aliphatic heterocycles. The Hall–Kier alpha value is -3.36. The van der Waals surface area contributed by atoms with Gasteiger partial charge in [-0.2, -0.15) is 5.48 Å². The smallest absolute Gasteiger partial charge is 0.386 e. The first kappa shape index (κ1) is 23.6. The summed E-state index contributed by atoms with van der Waals surface area (Å²) in [6.45, 7) is 2.36. The average Bonchev–Trinajstić information content (AvgIpc) is 2.64. The van der Waals surface area contributed by atoms with E-state index in [0.717, 1.165) is 0 Å². The van der Waals surface area contributed by atoms with E-state index in [1.807, 2.05) is 0 Å². The van der Waals surface area contributed by atoms with E-state index < -0.39 is 60.9 Å². The Bertz CT molecular complexity index is 643. The zero-order valence-corrected chi connectivity index (χ0v) is 14.3. The van der Waals surface area contributed by atoms with E-state index >= 15 is 0 Å². The standard InChI is InChI=1S/C13H20N6O8/c1-6(2)10(23)26-11(24)13(17-7(20)3-14,18-8(21)4-15)12(25)27-19-9(22)5-16/h1,3-5,14-16H2,2H3,(H,17,20)(H,18,21)(H,19,22). The number of hydrogen-bond donors (Lipinski definition) is 6. The van der Waals surface area contributed by atoms with Crippen LogP contribution in [0.5, 0.6) is 0 Å². The SMILES string of the molecule is C=C(C)C(=O)OC(=O)C(NC(=O)CN)(NC(=O)CN)C(=O)ONC(=O)CN. The van der Waals surface area contributed by atoms with Crippen LogP contribution in [-0.2, 0) is 38.3 Å². The Kier molecular flexibility index (Phi) is 9.27. The van der Waals surface area contributed by atoms with Crippen LogP contribution in [-0.4, -0.2) is 60.9 Å². The normalized spacial score (nSPS) is 10.2. The van der Waals surface area contributed by atoms with Gasteiger partial charge in [0.2, 0.25) is 11.8 Å². The summed E-state index contributed by atoms with van der Waals surface area (Å²) in [4.78, 5) is 75.2. The molecule has 0 saturated carbocycles. The van der Waals surface area contributed by atoms with Crippen LogP contribution in [0, 0.1) is 0 Å². The molecule has 0 fully saturated rings. The molecule has 0 atom stereocenters. The summed E-state index contributed by atoms with van der Waals surface area (Å²) in [5, 5.41) is 3.53. The van der Waals surface area contributed by atoms with Crippen molar-refractivity contribution in [3.63, 3.8) is 0 Å². The molecular formula is C13H20N6O8. The van der Waals surface area contributed by atoms with Crippen molar-refractivity contribution < 1.29 is 38.3 Å². The monoisotopic (exact) mass is 388 g/mol. The van der Waals surface area contributed by atoms with Crippen molar-refractivity contribution >= 4 is 35.6 Å². The van der Waals surface area contributed by atoms with Crippen molar-refractivity contribution in [2.24, 2.45) is 17.2 Å². The van der Waals surface area contributed by atoms with Gasteiger partial charge in [-0.1, -0.05) is 6.58 Å². The molecule has 0 aromatic rings. The molecule has 0 spiro atoms. The van der Waals surface area contributed by atoms with E-state index in [1.165, 1.54) is 6.92 Å². The van der Waals surface area contributed by atoms with E-state index in [4.69, 9.17) is 17.2 Å². The molecule has 0 aromatic carbocycles. The molecule has 150 valence electrons. The van der Waals surface area contributed by atoms with Gasteiger partial charge in [0, 0.05) is 5.57 Å². The van der Waals surface area contributed by atoms with Crippen LogP contribution in [0.3, 0.4) is 0 Å². The number of ether oxygens (including phenoxy) is 1. The van der Waals surface area contributed by atoms with Crippen LogP contribution in [0.1, 0.15) is 6.92 Å². The number of carbonyl (C=O) groups excluding carboxylic acids is 6. The van der Waals surface area contributed by atoms with Gasteiger partial charge in [-0.15, -0.1) is 0 Å². The number of rotatable bonds is 8. The predicted molar refractivity (Wildman–Crippen MR) is 86.3 cm³/mol. The van der Waals surface area contributed by atoms with Crippen molar-refractivity contribution in [2.75, 3.05) is 19.6 Å². The lowest BCUT2D eigenvalue weighted by Crippen LogP contribution is -2.73. The Labute approximate surface area is 152 Å². The molecule has 0 radical (unpaired) electrons. The number of carbonyl (C=O) groups is 6. The van der Waals surface area contributed by atoms with E-state index in [1.54, 1.807) is 16.1 Å². The lowest BCUT2D eigenvalue weighted by molar-refractivity contribution is -0.180. The van der Waals surface area contributed by atoms with Crippen LogP contribution >= 0.6 is 0 Å². The zero-order valence-electron chi connectivity index (χ0n) is 14.3. The zero-order chi connectivity index (χ0) is 21.2. The summed E-state index contributed by atoms with van der Waals surface area (Å²) in [5.74, 6) is -8.03. The Morgan fingerprint density at radius 2 is 1.30 bits per heavy atom. The van der Waals surface area contributed by atoms with Crippen LogP contribution in [0.15, 0.2) is 12.2 Å². The molecule has 0 aliphatic carbocycles. The number of hydroxylamine groups is 1. The van der Waals surface area contributed by atoms with Gasteiger partial charge >= 0.3 is 23.6 Å². The molecule has 0 unspecified atom stereocenters. The maximum absolute atomic E-state index is 12.4. The van der Waals surface area contributed by atoms with E-state index in [0.29, 0.717) is 0 Å². The van der Waals surface area contributed by atoms with Crippen molar-refractivity contribution in [2.45, 2.75) is 12.6 Å². The third kappa shape index (κ3) is 6.81. The number of nitrogens with two attached hydrogens (primary N) is 3. The highest BCUT2D eigenvalue weighted by Crippen LogP contribution is 2.09. The highest BCUT2D eigenvalue weighted by atomic mass is 16.7. The highest BCUT2D eigenvalue weighted by Gasteiger charge is 2.53. The third-order valence-corrected chi connectivity index (χ3v) is 2.61. The molecule has 3 amide bonds. The number of nitrogens with one attached hydrogen (secondary N) is 3. The van der Waals surface area contributed by atoms with Gasteiger partial charge in [0.1, 0.15) is 0 Å². The van der Waals surface area contributed by atoms with Gasteiger partial charge in [0.15, 0.2) is 0 Å². The molecule has 0 saturated heterocycles. The largest absolute Gasteiger partial charge is 0.390 e. The van der Waals surface area contributed by atoms with Crippen LogP contribution < -0.4 is 33.3 Å². The molecule has 0 aliphatic rings. The second-order valence-corrected chi connectivity index (χ2v) is 4.83. The van der Waals surface area contributed by atoms with Crippen LogP contribution in [0.2, 0.25) is 0 Å². The number of amides is 3. The number of esters is 2. The Balaban J connectivity index is 6.01. The second kappa shape index (κ2) is 10.6. The van der Waals surface area contributed by atoms with Gasteiger partial charge in [-0.25, -0.2) is 14.4 Å². The van der Waals surface area contributed by atoms with Crippen molar-refractivity contribution in [3.8, 4) is 0 Å². The Morgan fingerprint density at radius 3 is 1.67 bits per heavy atom. The van der Waals surface area contributed by atoms with Gasteiger partial charge < -0.3 is 37.4 Å². The van der Waals surface area contributed by atoms with E-state index in [2.05, 4.69) is 16.2 Å². The second-order valence-electron chi connectivity index (χ2n) is 4.83. The quantitative estimate of drug-likeness (QED) is 0.0756. The first-order valence-electron chi connectivity index (χ1n) is 7.18. The summed E-state index contributed by atoms with van der Waals surface area (Å²) in [6.07, 6.45) is 0. The Morgan fingerprint density at radius 1 is 0.852 bits per heavy atom. The average molecular weight is 388 g/mol. The molecular weight excluding hydrogens is 368 g/mol. The lowest BCUT2D eigenvalue weighted by Gasteiger charge is -2.29. The first-order valence-corrected chi connectivity index (χ1v) is 7.18. The minimum Gasteiger partial charge on any atom is -0.386 e. The molecule has 9 N–H and O–H groups in total. The fourth-order valence-electron chi connectivity index (χ4n) is 1.31. The summed E-state index contributed by atoms with van der Waals surface area (Å²) < 4.78 is 4.40. The maximum Gasteiger partial charge on any atom is 0.390 e. The summed E-state index contributed by atoms with van der Waals surface area (Å²) >= 11 is 0. The topological polar surface area (TPSA) is 235 Å². The third-order valence-electron chi connectivity index (χ3n) is 2.61. The molecule has 0 aromatic heterocycles. The first-order chi connectivity index (χ1) is 12.5. The highest BCUT2D eigenvalue weighted by molar-refractivity contribution is 6.13. The molecule has 0 heterocycles. The van der Waals surface area contributed by atoms with Crippen LogP contribution in [0.4, 0.5) is 0 Å². The van der Waals surface area contributed by atoms with Gasteiger partial charge in [-0.05, 0) is 6.92 Å². The molecule has 0 rings (SSSR count). The van der Waals surface area contributed by atoms with E-state index in [9.17, 15) is 28.8 Å².